The maximum atomic E-state index is 12.0. The summed E-state index contributed by atoms with van der Waals surface area (Å²) in [5, 5.41) is 0. The van der Waals surface area contributed by atoms with E-state index in [-0.39, 0.29) is 12.0 Å². The predicted octanol–water partition coefficient (Wildman–Crippen LogP) is 3.89. The number of carbonyl (C=O) groups excluding carboxylic acids is 1. The van der Waals surface area contributed by atoms with Crippen LogP contribution in [-0.2, 0) is 4.74 Å². The Kier molecular flexibility index (Phi) is 4.28. The highest BCUT2D eigenvalue weighted by Crippen LogP contribution is 2.25. The fourth-order valence-corrected chi connectivity index (χ4v) is 2.67. The van der Waals surface area contributed by atoms with E-state index in [4.69, 9.17) is 4.74 Å². The Morgan fingerprint density at radius 3 is 2.50 bits per heavy atom. The van der Waals surface area contributed by atoms with E-state index < -0.39 is 0 Å². The van der Waals surface area contributed by atoms with Crippen LogP contribution in [0.15, 0.2) is 36.4 Å². The first-order valence-electron chi connectivity index (χ1n) is 6.96. The number of rotatable bonds is 4. The van der Waals surface area contributed by atoms with Crippen LogP contribution in [0.1, 0.15) is 47.2 Å². The molecule has 1 aromatic heterocycles. The van der Waals surface area contributed by atoms with E-state index in [1.165, 1.54) is 5.56 Å². The summed E-state index contributed by atoms with van der Waals surface area (Å²) < 4.78 is 7.29. The number of ether oxygens (including phenoxy) is 1. The van der Waals surface area contributed by atoms with Crippen LogP contribution in [0.5, 0.6) is 0 Å². The molecule has 0 aliphatic heterocycles. The van der Waals surface area contributed by atoms with Gasteiger partial charge in [0.15, 0.2) is 0 Å². The van der Waals surface area contributed by atoms with Gasteiger partial charge in [0.05, 0.1) is 18.2 Å². The molecule has 0 N–H and O–H groups in total. The second-order valence-corrected chi connectivity index (χ2v) is 4.96. The number of benzene rings is 1. The van der Waals surface area contributed by atoms with Crippen molar-refractivity contribution in [1.82, 2.24) is 4.57 Å². The minimum atomic E-state index is -0.243. The molecule has 0 saturated heterocycles. The van der Waals surface area contributed by atoms with Crippen LogP contribution in [0.2, 0.25) is 0 Å². The monoisotopic (exact) mass is 271 g/mol. The van der Waals surface area contributed by atoms with Crippen molar-refractivity contribution in [3.63, 3.8) is 0 Å². The number of aromatic nitrogens is 1. The topological polar surface area (TPSA) is 31.2 Å². The van der Waals surface area contributed by atoms with E-state index in [9.17, 15) is 4.79 Å². The lowest BCUT2D eigenvalue weighted by atomic mass is 10.1. The van der Waals surface area contributed by atoms with Gasteiger partial charge in [0.2, 0.25) is 0 Å². The molecule has 0 unspecified atom stereocenters. The van der Waals surface area contributed by atoms with Crippen LogP contribution in [0.3, 0.4) is 0 Å². The number of aryl methyl sites for hydroxylation is 1. The van der Waals surface area contributed by atoms with Gasteiger partial charge in [0.1, 0.15) is 0 Å². The van der Waals surface area contributed by atoms with E-state index in [1.807, 2.05) is 45.0 Å². The quantitative estimate of drug-likeness (QED) is 0.790. The minimum Gasteiger partial charge on any atom is -0.462 e. The van der Waals surface area contributed by atoms with Crippen LogP contribution in [0.25, 0.3) is 0 Å². The number of hydrogen-bond acceptors (Lipinski definition) is 2. The van der Waals surface area contributed by atoms with Gasteiger partial charge in [-0.15, -0.1) is 0 Å². The largest absolute Gasteiger partial charge is 0.462 e. The van der Waals surface area contributed by atoms with Crippen molar-refractivity contribution in [2.75, 3.05) is 6.61 Å². The third-order valence-electron chi connectivity index (χ3n) is 3.65. The Morgan fingerprint density at radius 1 is 1.25 bits per heavy atom. The Morgan fingerprint density at radius 2 is 1.90 bits per heavy atom. The summed E-state index contributed by atoms with van der Waals surface area (Å²) in [6, 6.07) is 12.4. The highest BCUT2D eigenvalue weighted by Gasteiger charge is 2.20. The summed E-state index contributed by atoms with van der Waals surface area (Å²) in [6.07, 6.45) is 0. The fourth-order valence-electron chi connectivity index (χ4n) is 2.67. The Labute approximate surface area is 120 Å². The minimum absolute atomic E-state index is 0.194. The van der Waals surface area contributed by atoms with Crippen molar-refractivity contribution in [3.8, 4) is 0 Å². The first-order valence-corrected chi connectivity index (χ1v) is 6.96. The van der Waals surface area contributed by atoms with E-state index in [0.717, 1.165) is 11.4 Å². The zero-order chi connectivity index (χ0) is 14.7. The van der Waals surface area contributed by atoms with Gasteiger partial charge >= 0.3 is 5.97 Å². The average Bonchev–Trinajstić information content (AvgIpc) is 2.75. The van der Waals surface area contributed by atoms with Gasteiger partial charge in [-0.1, -0.05) is 30.3 Å². The molecule has 1 atom stereocenters. The first kappa shape index (κ1) is 14.4. The number of esters is 1. The summed E-state index contributed by atoms with van der Waals surface area (Å²) >= 11 is 0. The van der Waals surface area contributed by atoms with E-state index in [0.29, 0.717) is 12.2 Å². The van der Waals surface area contributed by atoms with Gasteiger partial charge in [0.25, 0.3) is 0 Å². The van der Waals surface area contributed by atoms with E-state index in [1.54, 1.807) is 0 Å². The standard InChI is InChI=1S/C17H21NO2/c1-5-20-17(19)16-11-12(2)18(14(16)4)13(3)15-9-7-6-8-10-15/h6-11,13H,5H2,1-4H3/t13-/m0/s1. The van der Waals surface area contributed by atoms with E-state index in [2.05, 4.69) is 23.6 Å². The molecule has 0 fully saturated rings. The molecule has 1 aromatic carbocycles. The van der Waals surface area contributed by atoms with Gasteiger partial charge in [-0.25, -0.2) is 4.79 Å². The molecule has 0 bridgehead atoms. The molecule has 0 amide bonds. The van der Waals surface area contributed by atoms with Crippen LogP contribution >= 0.6 is 0 Å². The van der Waals surface area contributed by atoms with Gasteiger partial charge in [-0.3, -0.25) is 0 Å². The number of nitrogens with zero attached hydrogens (tertiary/aromatic N) is 1. The molecule has 0 spiro atoms. The predicted molar refractivity (Wildman–Crippen MR) is 80.1 cm³/mol. The van der Waals surface area contributed by atoms with E-state index >= 15 is 0 Å². The molecule has 3 heteroatoms. The van der Waals surface area contributed by atoms with Crippen LogP contribution < -0.4 is 0 Å². The van der Waals surface area contributed by atoms with Crippen molar-refractivity contribution >= 4 is 5.97 Å². The molecule has 20 heavy (non-hydrogen) atoms. The van der Waals surface area contributed by atoms with Crippen LogP contribution in [-0.4, -0.2) is 17.1 Å². The van der Waals surface area contributed by atoms with Crippen LogP contribution in [0.4, 0.5) is 0 Å². The van der Waals surface area contributed by atoms with Crippen molar-refractivity contribution in [2.24, 2.45) is 0 Å². The third-order valence-corrected chi connectivity index (χ3v) is 3.65. The molecule has 106 valence electrons. The third kappa shape index (κ3) is 2.62. The number of carbonyl (C=O) groups is 1. The molecule has 3 nitrogen and oxygen atoms in total. The van der Waals surface area contributed by atoms with Crippen molar-refractivity contribution in [2.45, 2.75) is 33.7 Å². The Balaban J connectivity index is 2.40. The average molecular weight is 271 g/mol. The second kappa shape index (κ2) is 5.95. The normalized spacial score (nSPS) is 12.2. The molecule has 0 aliphatic carbocycles. The zero-order valence-electron chi connectivity index (χ0n) is 12.5. The van der Waals surface area contributed by atoms with Crippen molar-refractivity contribution < 1.29 is 9.53 Å². The number of hydrogen-bond donors (Lipinski definition) is 0. The maximum absolute atomic E-state index is 12.0. The summed E-state index contributed by atoms with van der Waals surface area (Å²) in [5.74, 6) is -0.243. The first-order chi connectivity index (χ1) is 9.56. The zero-order valence-corrected chi connectivity index (χ0v) is 12.5. The highest BCUT2D eigenvalue weighted by molar-refractivity contribution is 5.91. The van der Waals surface area contributed by atoms with Gasteiger partial charge < -0.3 is 9.30 Å². The lowest BCUT2D eigenvalue weighted by Crippen LogP contribution is -2.12. The molecule has 0 aliphatic rings. The smallest absolute Gasteiger partial charge is 0.339 e. The molecule has 1 heterocycles. The lowest BCUT2D eigenvalue weighted by molar-refractivity contribution is 0.0525. The maximum Gasteiger partial charge on any atom is 0.339 e. The fraction of sp³-hybridized carbons (Fsp3) is 0.353. The molecule has 0 radical (unpaired) electrons. The van der Waals surface area contributed by atoms with Gasteiger partial charge in [-0.05, 0) is 39.3 Å². The molecule has 2 aromatic rings. The SMILES string of the molecule is CCOC(=O)c1cc(C)n([C@@H](C)c2ccccc2)c1C. The van der Waals surface area contributed by atoms with Crippen molar-refractivity contribution in [1.29, 1.82) is 0 Å². The van der Waals surface area contributed by atoms with Crippen LogP contribution in [0, 0.1) is 13.8 Å². The van der Waals surface area contributed by atoms with Gasteiger partial charge in [0, 0.05) is 11.4 Å². The summed E-state index contributed by atoms with van der Waals surface area (Å²) in [4.78, 5) is 12.0. The summed E-state index contributed by atoms with van der Waals surface area (Å²) in [5.41, 5.74) is 3.91. The summed E-state index contributed by atoms with van der Waals surface area (Å²) in [6.45, 7) is 8.36. The van der Waals surface area contributed by atoms with Gasteiger partial charge in [-0.2, -0.15) is 0 Å². The second-order valence-electron chi connectivity index (χ2n) is 4.96. The molecule has 2 rings (SSSR count). The molecular formula is C17H21NO2. The lowest BCUT2D eigenvalue weighted by Gasteiger charge is -2.19. The molecular weight excluding hydrogens is 250 g/mol. The Bertz CT molecular complexity index is 599. The molecule has 0 saturated carbocycles. The van der Waals surface area contributed by atoms with Crippen molar-refractivity contribution in [3.05, 3.63) is 58.9 Å². The highest BCUT2D eigenvalue weighted by atomic mass is 16.5. The Hall–Kier alpha value is -2.03. The summed E-state index contributed by atoms with van der Waals surface area (Å²) in [7, 11) is 0.